The van der Waals surface area contributed by atoms with E-state index in [1.165, 1.54) is 25.4 Å². The van der Waals surface area contributed by atoms with Crippen LogP contribution in [0.1, 0.15) is 28.5 Å². The molecule has 0 fully saturated rings. The molecule has 0 aliphatic heterocycles. The van der Waals surface area contributed by atoms with Gasteiger partial charge in [-0.1, -0.05) is 12.1 Å². The molecule has 0 atom stereocenters. The molecule has 0 saturated carbocycles. The molecule has 0 unspecified atom stereocenters. The number of hydrogen-bond acceptors (Lipinski definition) is 6. The number of benzene rings is 2. The van der Waals surface area contributed by atoms with Gasteiger partial charge in [-0.3, -0.25) is 9.59 Å². The predicted molar refractivity (Wildman–Crippen MR) is 111 cm³/mol. The van der Waals surface area contributed by atoms with Gasteiger partial charge in [0, 0.05) is 30.1 Å². The van der Waals surface area contributed by atoms with Gasteiger partial charge in [-0.15, -0.1) is 11.3 Å². The van der Waals surface area contributed by atoms with Crippen LogP contribution < -0.4 is 20.1 Å². The first-order valence-electron chi connectivity index (χ1n) is 8.88. The minimum atomic E-state index is -0.237. The Morgan fingerprint density at radius 3 is 2.72 bits per heavy atom. The number of carbonyl (C=O) groups is 2. The van der Waals surface area contributed by atoms with Crippen molar-refractivity contribution in [3.05, 3.63) is 70.2 Å². The lowest BCUT2D eigenvalue weighted by Crippen LogP contribution is -2.23. The van der Waals surface area contributed by atoms with Gasteiger partial charge in [0.2, 0.25) is 5.91 Å². The van der Waals surface area contributed by atoms with Crippen LogP contribution >= 0.6 is 11.3 Å². The van der Waals surface area contributed by atoms with E-state index in [0.717, 1.165) is 11.3 Å². The molecular formula is C21H21N3O4S. The molecule has 150 valence electrons. The predicted octanol–water partition coefficient (Wildman–Crippen LogP) is 3.62. The molecule has 2 N–H and O–H groups in total. The van der Waals surface area contributed by atoms with Crippen LogP contribution in [-0.4, -0.2) is 23.9 Å². The van der Waals surface area contributed by atoms with Gasteiger partial charge in [-0.25, -0.2) is 4.98 Å². The summed E-state index contributed by atoms with van der Waals surface area (Å²) in [5.74, 6) is 0.634. The monoisotopic (exact) mass is 411 g/mol. The molecule has 1 aromatic heterocycles. The molecule has 0 radical (unpaired) electrons. The molecule has 1 heterocycles. The van der Waals surface area contributed by atoms with Crippen LogP contribution in [0.4, 0.5) is 5.69 Å². The lowest BCUT2D eigenvalue weighted by Gasteiger charge is -2.12. The summed E-state index contributed by atoms with van der Waals surface area (Å²) >= 11 is 1.50. The van der Waals surface area contributed by atoms with E-state index in [9.17, 15) is 9.59 Å². The highest BCUT2D eigenvalue weighted by Gasteiger charge is 2.12. The van der Waals surface area contributed by atoms with Gasteiger partial charge >= 0.3 is 0 Å². The van der Waals surface area contributed by atoms with Gasteiger partial charge in [0.25, 0.3) is 5.91 Å². The summed E-state index contributed by atoms with van der Waals surface area (Å²) in [6.45, 7) is 2.11. The highest BCUT2D eigenvalue weighted by atomic mass is 32.1. The van der Waals surface area contributed by atoms with Gasteiger partial charge < -0.3 is 20.1 Å². The van der Waals surface area contributed by atoms with Crippen LogP contribution in [0.15, 0.2) is 53.4 Å². The summed E-state index contributed by atoms with van der Waals surface area (Å²) in [5.41, 5.74) is 4.60. The topological polar surface area (TPSA) is 89.6 Å². The molecule has 0 aliphatic rings. The molecule has 7 nitrogen and oxygen atoms in total. The number of methoxy groups -OCH3 is 1. The molecule has 3 aromatic rings. The lowest BCUT2D eigenvalue weighted by molar-refractivity contribution is -0.114. The van der Waals surface area contributed by atoms with Crippen molar-refractivity contribution in [1.82, 2.24) is 10.3 Å². The molecule has 0 bridgehead atoms. The third kappa shape index (κ3) is 5.79. The number of nitrogens with zero attached hydrogens (tertiary/aromatic N) is 1. The Bertz CT molecular complexity index is 989. The molecule has 2 amide bonds. The fourth-order valence-corrected chi connectivity index (χ4v) is 3.18. The maximum atomic E-state index is 12.5. The Morgan fingerprint density at radius 2 is 2.00 bits per heavy atom. The van der Waals surface area contributed by atoms with Crippen molar-refractivity contribution >= 4 is 28.8 Å². The zero-order valence-electron chi connectivity index (χ0n) is 16.1. The average molecular weight is 411 g/mol. The molecule has 29 heavy (non-hydrogen) atoms. The third-order valence-corrected chi connectivity index (χ3v) is 4.62. The zero-order valence-corrected chi connectivity index (χ0v) is 16.9. The van der Waals surface area contributed by atoms with Gasteiger partial charge in [-0.2, -0.15) is 0 Å². The van der Waals surface area contributed by atoms with Crippen molar-refractivity contribution < 1.29 is 19.1 Å². The minimum absolute atomic E-state index is 0.143. The number of rotatable bonds is 8. The van der Waals surface area contributed by atoms with Crippen molar-refractivity contribution in [3.63, 3.8) is 0 Å². The molecule has 2 aromatic carbocycles. The van der Waals surface area contributed by atoms with E-state index < -0.39 is 0 Å². The van der Waals surface area contributed by atoms with Crippen molar-refractivity contribution in [1.29, 1.82) is 0 Å². The quantitative estimate of drug-likeness (QED) is 0.591. The normalized spacial score (nSPS) is 10.3. The van der Waals surface area contributed by atoms with Crippen molar-refractivity contribution in [2.75, 3.05) is 12.4 Å². The number of aromatic nitrogens is 1. The Kier molecular flexibility index (Phi) is 6.80. The summed E-state index contributed by atoms with van der Waals surface area (Å²) in [4.78, 5) is 27.9. The second-order valence-corrected chi connectivity index (χ2v) is 6.92. The fraction of sp³-hybridized carbons (Fsp3) is 0.190. The van der Waals surface area contributed by atoms with Gasteiger partial charge in [0.15, 0.2) is 11.5 Å². The summed E-state index contributed by atoms with van der Waals surface area (Å²) in [6.07, 6.45) is 0. The number of ether oxygens (including phenoxy) is 2. The molecule has 0 aliphatic carbocycles. The van der Waals surface area contributed by atoms with E-state index in [2.05, 4.69) is 15.6 Å². The van der Waals surface area contributed by atoms with Crippen molar-refractivity contribution in [2.45, 2.75) is 20.1 Å². The Morgan fingerprint density at radius 1 is 1.14 bits per heavy atom. The number of hydrogen-bond donors (Lipinski definition) is 2. The lowest BCUT2D eigenvalue weighted by atomic mass is 10.1. The first-order valence-corrected chi connectivity index (χ1v) is 9.82. The first kappa shape index (κ1) is 20.3. The second-order valence-electron chi connectivity index (χ2n) is 6.20. The largest absolute Gasteiger partial charge is 0.493 e. The van der Waals surface area contributed by atoms with E-state index in [4.69, 9.17) is 9.47 Å². The number of carbonyl (C=O) groups excluding carboxylic acids is 2. The Labute approximate surface area is 172 Å². The number of thiazole rings is 1. The summed E-state index contributed by atoms with van der Waals surface area (Å²) in [7, 11) is 1.53. The smallest absolute Gasteiger partial charge is 0.251 e. The second kappa shape index (κ2) is 9.70. The number of amides is 2. The van der Waals surface area contributed by atoms with Crippen LogP contribution in [0.25, 0.3) is 0 Å². The number of nitrogens with one attached hydrogen (secondary N) is 2. The highest BCUT2D eigenvalue weighted by Crippen LogP contribution is 2.29. The van der Waals surface area contributed by atoms with Gasteiger partial charge in [0.05, 0.1) is 18.3 Å². The summed E-state index contributed by atoms with van der Waals surface area (Å²) in [5, 5.41) is 7.50. The SMILES string of the molecule is COc1cc(C(=O)NCc2cccc(NC(C)=O)c2)ccc1OCc1cscn1. The van der Waals surface area contributed by atoms with E-state index in [0.29, 0.717) is 35.9 Å². The Hall–Kier alpha value is -3.39. The molecule has 8 heteroatoms. The zero-order chi connectivity index (χ0) is 20.6. The summed E-state index contributed by atoms with van der Waals surface area (Å²) in [6, 6.07) is 12.3. The third-order valence-electron chi connectivity index (χ3n) is 3.99. The molecule has 0 saturated heterocycles. The molecule has 3 rings (SSSR count). The fourth-order valence-electron chi connectivity index (χ4n) is 2.64. The standard InChI is InChI=1S/C21H21N3O4S/c1-14(25)24-17-5-3-4-15(8-17)10-22-21(26)16-6-7-19(20(9-16)27-2)28-11-18-12-29-13-23-18/h3-9,12-13H,10-11H2,1-2H3,(H,22,26)(H,24,25). The minimum Gasteiger partial charge on any atom is -0.493 e. The van der Waals surface area contributed by atoms with Gasteiger partial charge in [0.1, 0.15) is 6.61 Å². The number of anilines is 1. The molecule has 0 spiro atoms. The van der Waals surface area contributed by atoms with Crippen LogP contribution in [-0.2, 0) is 17.9 Å². The first-order chi connectivity index (χ1) is 14.0. The van der Waals surface area contributed by atoms with Crippen LogP contribution in [0, 0.1) is 0 Å². The maximum Gasteiger partial charge on any atom is 0.251 e. The Balaban J connectivity index is 1.62. The highest BCUT2D eigenvalue weighted by molar-refractivity contribution is 7.07. The van der Waals surface area contributed by atoms with E-state index in [1.807, 2.05) is 23.6 Å². The van der Waals surface area contributed by atoms with E-state index in [-0.39, 0.29) is 11.8 Å². The summed E-state index contributed by atoms with van der Waals surface area (Å²) < 4.78 is 11.1. The van der Waals surface area contributed by atoms with Crippen molar-refractivity contribution in [3.8, 4) is 11.5 Å². The molecular weight excluding hydrogens is 390 g/mol. The van der Waals surface area contributed by atoms with Crippen LogP contribution in [0.5, 0.6) is 11.5 Å². The van der Waals surface area contributed by atoms with E-state index >= 15 is 0 Å². The van der Waals surface area contributed by atoms with Crippen LogP contribution in [0.2, 0.25) is 0 Å². The maximum absolute atomic E-state index is 12.5. The average Bonchev–Trinajstić information content (AvgIpc) is 3.24. The van der Waals surface area contributed by atoms with Crippen molar-refractivity contribution in [2.24, 2.45) is 0 Å². The van der Waals surface area contributed by atoms with Gasteiger partial charge in [-0.05, 0) is 35.9 Å². The van der Waals surface area contributed by atoms with Crippen LogP contribution in [0.3, 0.4) is 0 Å². The van der Waals surface area contributed by atoms with E-state index in [1.54, 1.807) is 29.8 Å².